The summed E-state index contributed by atoms with van der Waals surface area (Å²) in [6.07, 6.45) is 0. The van der Waals surface area contributed by atoms with Crippen molar-refractivity contribution in [3.05, 3.63) is 29.6 Å². The summed E-state index contributed by atoms with van der Waals surface area (Å²) in [6, 6.07) is -1.77. The van der Waals surface area contributed by atoms with Gasteiger partial charge in [-0.1, -0.05) is 10.2 Å². The molecule has 1 aliphatic rings. The molecule has 2 rings (SSSR count). The van der Waals surface area contributed by atoms with E-state index in [1.54, 1.807) is 0 Å². The fraction of sp³-hybridized carbons (Fsp3) is 0. The van der Waals surface area contributed by atoms with Gasteiger partial charge in [-0.2, -0.15) is 0 Å². The summed E-state index contributed by atoms with van der Waals surface area (Å²) in [7, 11) is 0. The van der Waals surface area contributed by atoms with Crippen molar-refractivity contribution in [2.24, 2.45) is 10.2 Å². The molecule has 0 saturated heterocycles. The molecule has 0 N–H and O–H groups in total. The van der Waals surface area contributed by atoms with Crippen molar-refractivity contribution in [1.29, 1.82) is 0 Å². The molecule has 1 heterocycles. The molecule has 8 heteroatoms. The largest absolute Gasteiger partial charge is 0.375 e. The van der Waals surface area contributed by atoms with Crippen LogP contribution in [0.3, 0.4) is 0 Å². The first-order valence-corrected chi connectivity index (χ1v) is 3.95. The molecule has 82 valence electrons. The average Bonchev–Trinajstić information content (AvgIpc) is 2.47. The third kappa shape index (κ3) is 1.44. The second-order valence-electron chi connectivity index (χ2n) is 2.82. The topological polar surface area (TPSA) is 62.1 Å². The number of urea groups is 2. The first-order chi connectivity index (χ1) is 7.50. The van der Waals surface area contributed by atoms with Gasteiger partial charge in [0.1, 0.15) is 11.5 Å². The van der Waals surface area contributed by atoms with Gasteiger partial charge in [0.25, 0.3) is 0 Å². The normalized spacial score (nSPS) is 15.1. The Morgan fingerprint density at radius 3 is 1.81 bits per heavy atom. The number of anilines is 1. The number of amides is 4. The lowest BCUT2D eigenvalue weighted by atomic mass is 10.2. The first kappa shape index (κ1) is 10.3. The molecule has 0 unspecified atom stereocenters. The highest BCUT2D eigenvalue weighted by molar-refractivity contribution is 6.17. The van der Waals surface area contributed by atoms with Gasteiger partial charge in [-0.3, -0.25) is 0 Å². The summed E-state index contributed by atoms with van der Waals surface area (Å²) < 4.78 is 39.0. The van der Waals surface area contributed by atoms with Crippen LogP contribution in [0.2, 0.25) is 0 Å². The number of imide groups is 1. The van der Waals surface area contributed by atoms with Gasteiger partial charge in [0.05, 0.1) is 0 Å². The second kappa shape index (κ2) is 3.40. The molecule has 5 nitrogen and oxygen atoms in total. The van der Waals surface area contributed by atoms with Crippen LogP contribution >= 0.6 is 0 Å². The molecule has 1 aromatic carbocycles. The van der Waals surface area contributed by atoms with Crippen molar-refractivity contribution in [1.82, 2.24) is 0 Å². The quantitative estimate of drug-likeness (QED) is 0.742. The lowest BCUT2D eigenvalue weighted by Gasteiger charge is -2.12. The number of nitrogens with zero attached hydrogens (tertiary/aromatic N) is 3. The van der Waals surface area contributed by atoms with Crippen LogP contribution in [0, 0.1) is 17.5 Å². The highest BCUT2D eigenvalue weighted by atomic mass is 19.1. The van der Waals surface area contributed by atoms with Crippen molar-refractivity contribution in [3.8, 4) is 0 Å². The predicted octanol–water partition coefficient (Wildman–Crippen LogP) is 2.62. The van der Waals surface area contributed by atoms with E-state index in [1.165, 1.54) is 0 Å². The molecule has 0 bridgehead atoms. The molecule has 0 spiro atoms. The molecule has 0 radical (unpaired) electrons. The van der Waals surface area contributed by atoms with E-state index in [1.807, 2.05) is 0 Å². The van der Waals surface area contributed by atoms with Crippen LogP contribution < -0.4 is 4.90 Å². The number of benzene rings is 1. The Hall–Kier alpha value is -2.25. The van der Waals surface area contributed by atoms with E-state index < -0.39 is 35.2 Å². The fourth-order valence-corrected chi connectivity index (χ4v) is 1.20. The monoisotopic (exact) mass is 229 g/mol. The van der Waals surface area contributed by atoms with Gasteiger partial charge in [0.15, 0.2) is 11.6 Å². The van der Waals surface area contributed by atoms with E-state index in [-0.39, 0.29) is 4.90 Å². The summed E-state index contributed by atoms with van der Waals surface area (Å²) >= 11 is 0. The number of rotatable bonds is 1. The molecule has 0 aromatic heterocycles. The number of hydrogen-bond acceptors (Lipinski definition) is 2. The molecule has 16 heavy (non-hydrogen) atoms. The predicted molar refractivity (Wildman–Crippen MR) is 44.4 cm³/mol. The Morgan fingerprint density at radius 2 is 1.38 bits per heavy atom. The Labute approximate surface area is 86.2 Å². The van der Waals surface area contributed by atoms with E-state index in [4.69, 9.17) is 0 Å². The van der Waals surface area contributed by atoms with Crippen molar-refractivity contribution >= 4 is 17.7 Å². The van der Waals surface area contributed by atoms with Gasteiger partial charge < -0.3 is 0 Å². The summed E-state index contributed by atoms with van der Waals surface area (Å²) in [5.74, 6) is -3.93. The first-order valence-electron chi connectivity index (χ1n) is 3.95. The van der Waals surface area contributed by atoms with Crippen LogP contribution in [0.4, 0.5) is 28.4 Å². The molecule has 1 aromatic rings. The molecule has 4 amide bonds. The number of halogens is 3. The van der Waals surface area contributed by atoms with Crippen molar-refractivity contribution in [2.75, 3.05) is 4.90 Å². The van der Waals surface area contributed by atoms with Crippen molar-refractivity contribution in [3.63, 3.8) is 0 Å². The van der Waals surface area contributed by atoms with E-state index >= 15 is 0 Å². The highest BCUT2D eigenvalue weighted by Crippen LogP contribution is 2.27. The van der Waals surface area contributed by atoms with Gasteiger partial charge in [-0.15, -0.1) is 0 Å². The van der Waals surface area contributed by atoms with Crippen LogP contribution in [0.5, 0.6) is 0 Å². The third-order valence-electron chi connectivity index (χ3n) is 1.81. The molecular formula is C8H2F3N3O2. The summed E-state index contributed by atoms with van der Waals surface area (Å²) in [5, 5.41) is 5.63. The van der Waals surface area contributed by atoms with Gasteiger partial charge in [-0.25, -0.2) is 27.7 Å². The minimum Gasteiger partial charge on any atom is -0.243 e. The minimum absolute atomic E-state index is 0.0874. The molecular weight excluding hydrogens is 227 g/mol. The molecule has 0 atom stereocenters. The molecule has 0 fully saturated rings. The highest BCUT2D eigenvalue weighted by Gasteiger charge is 2.34. The second-order valence-corrected chi connectivity index (χ2v) is 2.82. The lowest BCUT2D eigenvalue weighted by Crippen LogP contribution is -2.29. The number of azo groups is 1. The Kier molecular flexibility index (Phi) is 2.18. The van der Waals surface area contributed by atoms with E-state index in [2.05, 4.69) is 10.2 Å². The SMILES string of the molecule is O=C1N=NC(=O)N1c1c(F)cc(F)cc1F. The van der Waals surface area contributed by atoms with Crippen LogP contribution in [-0.2, 0) is 0 Å². The fourth-order valence-electron chi connectivity index (χ4n) is 1.20. The average molecular weight is 229 g/mol. The van der Waals surface area contributed by atoms with Crippen molar-refractivity contribution < 1.29 is 22.8 Å². The Bertz CT molecular complexity index is 488. The minimum atomic E-state index is -1.38. The maximum absolute atomic E-state index is 13.2. The van der Waals surface area contributed by atoms with E-state index in [0.717, 1.165) is 0 Å². The van der Waals surface area contributed by atoms with Crippen molar-refractivity contribution in [2.45, 2.75) is 0 Å². The van der Waals surface area contributed by atoms with Crippen LogP contribution in [0.25, 0.3) is 0 Å². The Balaban J connectivity index is 2.57. The van der Waals surface area contributed by atoms with Gasteiger partial charge >= 0.3 is 12.1 Å². The molecule has 1 aliphatic heterocycles. The summed E-state index contributed by atoms with van der Waals surface area (Å²) in [6.45, 7) is 0. The standard InChI is InChI=1S/C8H2F3N3O2/c9-3-1-4(10)6(5(11)2-3)14-7(15)12-13-8(14)16/h1-2H. The maximum Gasteiger partial charge on any atom is 0.375 e. The molecule has 0 saturated carbocycles. The smallest absolute Gasteiger partial charge is 0.243 e. The van der Waals surface area contributed by atoms with Gasteiger partial charge in [-0.05, 0) is 0 Å². The molecule has 0 aliphatic carbocycles. The van der Waals surface area contributed by atoms with Gasteiger partial charge in [0.2, 0.25) is 0 Å². The van der Waals surface area contributed by atoms with Crippen LogP contribution in [0.15, 0.2) is 22.4 Å². The zero-order valence-electron chi connectivity index (χ0n) is 7.45. The van der Waals surface area contributed by atoms with Crippen LogP contribution in [0.1, 0.15) is 0 Å². The van der Waals surface area contributed by atoms with Gasteiger partial charge in [0, 0.05) is 12.1 Å². The zero-order chi connectivity index (χ0) is 11.9. The maximum atomic E-state index is 13.2. The summed E-state index contributed by atoms with van der Waals surface area (Å²) in [4.78, 5) is 22.1. The number of carbonyl (C=O) groups excluding carboxylic acids is 2. The van der Waals surface area contributed by atoms with E-state index in [0.29, 0.717) is 12.1 Å². The number of hydrogen-bond donors (Lipinski definition) is 0. The Morgan fingerprint density at radius 1 is 0.938 bits per heavy atom. The van der Waals surface area contributed by atoms with E-state index in [9.17, 15) is 22.8 Å². The third-order valence-corrected chi connectivity index (χ3v) is 1.81. The lowest BCUT2D eigenvalue weighted by molar-refractivity contribution is 0.248. The number of carbonyl (C=O) groups is 2. The summed E-state index contributed by atoms with van der Waals surface area (Å²) in [5.41, 5.74) is -0.985. The zero-order valence-corrected chi connectivity index (χ0v) is 7.45. The van der Waals surface area contributed by atoms with Crippen LogP contribution in [-0.4, -0.2) is 12.1 Å².